The van der Waals surface area contributed by atoms with Gasteiger partial charge in [0.15, 0.2) is 5.75 Å². The van der Waals surface area contributed by atoms with E-state index >= 15 is 0 Å². The van der Waals surface area contributed by atoms with Crippen molar-refractivity contribution < 1.29 is 14.6 Å². The van der Waals surface area contributed by atoms with Crippen LogP contribution in [0.1, 0.15) is 36.8 Å². The van der Waals surface area contributed by atoms with Gasteiger partial charge >= 0.3 is 0 Å². The normalized spacial score (nSPS) is 21.5. The number of benzene rings is 1. The maximum absolute atomic E-state index is 13.0. The summed E-state index contributed by atoms with van der Waals surface area (Å²) in [6.45, 7) is 2.05. The van der Waals surface area contributed by atoms with Crippen molar-refractivity contribution >= 4 is 38.6 Å². The summed E-state index contributed by atoms with van der Waals surface area (Å²) in [7, 11) is 1.51. The predicted molar refractivity (Wildman–Crippen MR) is 131 cm³/mol. The third kappa shape index (κ3) is 4.42. The van der Waals surface area contributed by atoms with Crippen LogP contribution in [0.4, 0.5) is 5.69 Å². The first-order valence-corrected chi connectivity index (χ1v) is 12.2. The number of aromatic nitrogens is 2. The Morgan fingerprint density at radius 2 is 1.85 bits per heavy atom. The van der Waals surface area contributed by atoms with Gasteiger partial charge in [-0.15, -0.1) is 0 Å². The van der Waals surface area contributed by atoms with Crippen LogP contribution in [-0.2, 0) is 17.9 Å². The topological polar surface area (TPSA) is 87.6 Å². The molecule has 1 unspecified atom stereocenters. The number of rotatable bonds is 5. The highest BCUT2D eigenvalue weighted by Gasteiger charge is 2.34. The van der Waals surface area contributed by atoms with Gasteiger partial charge in [-0.2, -0.15) is 0 Å². The van der Waals surface area contributed by atoms with E-state index in [9.17, 15) is 9.90 Å². The van der Waals surface area contributed by atoms with Gasteiger partial charge in [-0.25, -0.2) is 4.98 Å². The van der Waals surface area contributed by atoms with E-state index in [2.05, 4.69) is 60.4 Å². The van der Waals surface area contributed by atoms with E-state index in [1.807, 2.05) is 0 Å². The average Bonchev–Trinajstić information content (AvgIpc) is 3.29. The smallest absolute Gasteiger partial charge is 0.238 e. The average molecular weight is 511 g/mol. The molecule has 1 aromatic carbocycles. The molecule has 0 spiro atoms. The fourth-order valence-electron chi connectivity index (χ4n) is 5.03. The number of anilines is 1. The number of alkyl halides is 1. The lowest BCUT2D eigenvalue weighted by atomic mass is 9.83. The zero-order valence-electron chi connectivity index (χ0n) is 18.5. The molecule has 2 aliphatic rings. The second-order valence-electron chi connectivity index (χ2n) is 8.88. The molecule has 1 fully saturated rings. The van der Waals surface area contributed by atoms with Gasteiger partial charge in [-0.05, 0) is 48.8 Å². The largest absolute Gasteiger partial charge is 0.504 e. The molecule has 1 aliphatic heterocycles. The molecular weight excluding hydrogens is 484 g/mol. The van der Waals surface area contributed by atoms with Crippen LogP contribution < -0.4 is 10.1 Å². The van der Waals surface area contributed by atoms with Crippen LogP contribution in [0.15, 0.2) is 42.6 Å². The SMILES string of the molecule is COc1ccc2ncc(NC(=O)C(Br)[C@H]3CC[C@H](N4Cc5ccccc5C4)CC3)c(O)c2n1. The van der Waals surface area contributed by atoms with Gasteiger partial charge in [0.2, 0.25) is 11.8 Å². The lowest BCUT2D eigenvalue weighted by molar-refractivity contribution is -0.116. The van der Waals surface area contributed by atoms with Gasteiger partial charge < -0.3 is 15.2 Å². The lowest BCUT2D eigenvalue weighted by Gasteiger charge is -2.35. The first-order chi connectivity index (χ1) is 16.0. The Hall–Kier alpha value is -2.71. The molecule has 1 saturated carbocycles. The molecule has 5 rings (SSSR count). The van der Waals surface area contributed by atoms with Crippen LogP contribution in [0.25, 0.3) is 11.0 Å². The number of ether oxygens (including phenoxy) is 1. The number of amides is 1. The molecule has 7 nitrogen and oxygen atoms in total. The van der Waals surface area contributed by atoms with E-state index in [0.717, 1.165) is 38.8 Å². The van der Waals surface area contributed by atoms with Crippen molar-refractivity contribution in [3.05, 3.63) is 53.7 Å². The van der Waals surface area contributed by atoms with Crippen molar-refractivity contribution in [1.82, 2.24) is 14.9 Å². The van der Waals surface area contributed by atoms with Crippen molar-refractivity contribution in [1.29, 1.82) is 0 Å². The molecule has 0 saturated heterocycles. The number of hydrogen-bond acceptors (Lipinski definition) is 6. The van der Waals surface area contributed by atoms with Crippen molar-refractivity contribution in [3.8, 4) is 11.6 Å². The van der Waals surface area contributed by atoms with E-state index in [4.69, 9.17) is 4.74 Å². The molecule has 1 aliphatic carbocycles. The summed E-state index contributed by atoms with van der Waals surface area (Å²) in [5, 5.41) is 13.5. The van der Waals surface area contributed by atoms with E-state index in [1.54, 1.807) is 12.1 Å². The number of carbonyl (C=O) groups excluding carboxylic acids is 1. The maximum atomic E-state index is 13.0. The van der Waals surface area contributed by atoms with Gasteiger partial charge in [0, 0.05) is 25.2 Å². The molecule has 33 heavy (non-hydrogen) atoms. The van der Waals surface area contributed by atoms with Crippen molar-refractivity contribution in [2.75, 3.05) is 12.4 Å². The van der Waals surface area contributed by atoms with Crippen molar-refractivity contribution in [2.24, 2.45) is 5.92 Å². The van der Waals surface area contributed by atoms with Gasteiger partial charge in [0.1, 0.15) is 11.2 Å². The molecule has 3 heterocycles. The highest BCUT2D eigenvalue weighted by molar-refractivity contribution is 9.10. The summed E-state index contributed by atoms with van der Waals surface area (Å²) < 4.78 is 5.13. The summed E-state index contributed by atoms with van der Waals surface area (Å²) >= 11 is 3.62. The summed E-state index contributed by atoms with van der Waals surface area (Å²) in [5.74, 6) is 0.343. The van der Waals surface area contributed by atoms with Crippen LogP contribution in [0.3, 0.4) is 0 Å². The monoisotopic (exact) mass is 510 g/mol. The van der Waals surface area contributed by atoms with Crippen molar-refractivity contribution in [3.63, 3.8) is 0 Å². The fraction of sp³-hybridized carbons (Fsp3) is 0.400. The number of aromatic hydroxyl groups is 1. The van der Waals surface area contributed by atoms with Gasteiger partial charge in [-0.3, -0.25) is 14.7 Å². The van der Waals surface area contributed by atoms with Crippen LogP contribution in [0.5, 0.6) is 11.6 Å². The van der Waals surface area contributed by atoms with E-state index < -0.39 is 0 Å². The Balaban J connectivity index is 1.20. The standard InChI is InChI=1S/C25H27BrN4O3/c1-33-21-11-10-19-23(29-21)24(31)20(12-27-19)28-25(32)22(26)15-6-8-18(9-7-15)30-13-16-4-2-3-5-17(16)14-30/h2-5,10-12,15,18,22H,6-9,13-14H2,1H3,(H,27,31)(H,28,32)/t15-,18-,22?. The molecule has 0 bridgehead atoms. The Bertz CT molecular complexity index is 1150. The second-order valence-corrected chi connectivity index (χ2v) is 9.86. The summed E-state index contributed by atoms with van der Waals surface area (Å²) in [5.41, 5.74) is 3.96. The molecule has 8 heteroatoms. The Morgan fingerprint density at radius 1 is 1.15 bits per heavy atom. The number of fused-ring (bicyclic) bond motifs is 2. The van der Waals surface area contributed by atoms with Crippen LogP contribution in [0, 0.1) is 5.92 Å². The first kappa shape index (κ1) is 22.1. The van der Waals surface area contributed by atoms with Gasteiger partial charge in [-0.1, -0.05) is 40.2 Å². The zero-order valence-corrected chi connectivity index (χ0v) is 20.1. The Labute approximate surface area is 201 Å². The second kappa shape index (κ2) is 9.27. The highest BCUT2D eigenvalue weighted by Crippen LogP contribution is 2.37. The number of carbonyl (C=O) groups is 1. The third-order valence-corrected chi connectivity index (χ3v) is 8.08. The van der Waals surface area contributed by atoms with Crippen LogP contribution in [-0.4, -0.2) is 43.9 Å². The molecule has 0 radical (unpaired) electrons. The molecule has 172 valence electrons. The Morgan fingerprint density at radius 3 is 2.52 bits per heavy atom. The maximum Gasteiger partial charge on any atom is 0.238 e. The predicted octanol–water partition coefficient (Wildman–Crippen LogP) is 4.62. The quantitative estimate of drug-likeness (QED) is 0.487. The summed E-state index contributed by atoms with van der Waals surface area (Å²) in [6.07, 6.45) is 5.61. The minimum absolute atomic E-state index is 0.107. The molecule has 1 atom stereocenters. The van der Waals surface area contributed by atoms with Gasteiger partial charge in [0.25, 0.3) is 0 Å². The zero-order chi connectivity index (χ0) is 22.9. The molecule has 1 amide bonds. The minimum Gasteiger partial charge on any atom is -0.504 e. The number of nitrogens with zero attached hydrogens (tertiary/aromatic N) is 3. The Kier molecular flexibility index (Phi) is 6.21. The van der Waals surface area contributed by atoms with Gasteiger partial charge in [0.05, 0.1) is 23.7 Å². The summed E-state index contributed by atoms with van der Waals surface area (Å²) in [6, 6.07) is 12.6. The lowest BCUT2D eigenvalue weighted by Crippen LogP contribution is -2.38. The number of pyridine rings is 2. The summed E-state index contributed by atoms with van der Waals surface area (Å²) in [4.78, 5) is 23.8. The molecule has 3 aromatic rings. The number of halogens is 1. The number of methoxy groups -OCH3 is 1. The van der Waals surface area contributed by atoms with Crippen LogP contribution in [0.2, 0.25) is 0 Å². The molecule has 2 aromatic heterocycles. The van der Waals surface area contributed by atoms with Crippen LogP contribution >= 0.6 is 15.9 Å². The third-order valence-electron chi connectivity index (χ3n) is 6.91. The molecular formula is C25H27BrN4O3. The van der Waals surface area contributed by atoms with E-state index in [1.165, 1.54) is 24.4 Å². The fourth-order valence-corrected chi connectivity index (χ4v) is 5.68. The van der Waals surface area contributed by atoms with Crippen molar-refractivity contribution in [2.45, 2.75) is 49.6 Å². The number of hydrogen-bond donors (Lipinski definition) is 2. The minimum atomic E-state index is -0.331. The highest BCUT2D eigenvalue weighted by atomic mass is 79.9. The van der Waals surface area contributed by atoms with E-state index in [0.29, 0.717) is 23.0 Å². The molecule has 2 N–H and O–H groups in total. The van der Waals surface area contributed by atoms with E-state index in [-0.39, 0.29) is 28.1 Å². The number of nitrogens with one attached hydrogen (secondary N) is 1. The first-order valence-electron chi connectivity index (χ1n) is 11.3.